The molecule has 0 N–H and O–H groups in total. The molecule has 1 fully saturated rings. The van der Waals surface area contributed by atoms with Crippen LogP contribution in [0, 0.1) is 34.0 Å². The van der Waals surface area contributed by atoms with Crippen LogP contribution < -0.4 is 10.5 Å². The van der Waals surface area contributed by atoms with Crippen LogP contribution >= 0.6 is 11.6 Å². The summed E-state index contributed by atoms with van der Waals surface area (Å²) in [5.74, 6) is 0. The average Bonchev–Trinajstić information content (AvgIpc) is 2.96. The van der Waals surface area contributed by atoms with Gasteiger partial charge in [0.25, 0.3) is 5.56 Å². The first-order valence-corrected chi connectivity index (χ1v) is 12.8. The lowest BCUT2D eigenvalue weighted by atomic mass is 9.94. The third kappa shape index (κ3) is 4.71. The van der Waals surface area contributed by atoms with E-state index in [1.807, 2.05) is 53.4 Å². The third-order valence-electron chi connectivity index (χ3n) is 7.31. The van der Waals surface area contributed by atoms with Gasteiger partial charge in [0.15, 0.2) is 0 Å². The normalized spacial score (nSPS) is 16.3. The molecular formula is C30H24ClN7O. The molecule has 2 atom stereocenters. The number of aromatic nitrogens is 2. The van der Waals surface area contributed by atoms with E-state index in [0.717, 1.165) is 11.1 Å². The summed E-state index contributed by atoms with van der Waals surface area (Å²) >= 11 is 6.19. The minimum absolute atomic E-state index is 0.0138. The van der Waals surface area contributed by atoms with E-state index in [0.29, 0.717) is 46.9 Å². The minimum Gasteiger partial charge on any atom is -0.366 e. The summed E-state index contributed by atoms with van der Waals surface area (Å²) in [4.78, 5) is 22.0. The molecule has 0 radical (unpaired) electrons. The monoisotopic (exact) mass is 533 g/mol. The molecule has 3 heterocycles. The number of anilines is 1. The van der Waals surface area contributed by atoms with E-state index < -0.39 is 5.56 Å². The van der Waals surface area contributed by atoms with Gasteiger partial charge >= 0.3 is 0 Å². The van der Waals surface area contributed by atoms with Gasteiger partial charge in [0.1, 0.15) is 28.9 Å². The Morgan fingerprint density at radius 1 is 0.923 bits per heavy atom. The average molecular weight is 534 g/mol. The number of nitriles is 3. The summed E-state index contributed by atoms with van der Waals surface area (Å²) < 4.78 is 1.41. The van der Waals surface area contributed by atoms with Crippen molar-refractivity contribution in [2.24, 2.45) is 7.05 Å². The molecule has 5 rings (SSSR count). The predicted molar refractivity (Wildman–Crippen MR) is 149 cm³/mol. The quantitative estimate of drug-likeness (QED) is 0.379. The fourth-order valence-corrected chi connectivity index (χ4v) is 5.51. The summed E-state index contributed by atoms with van der Waals surface area (Å²) in [6, 6.07) is 24.9. The van der Waals surface area contributed by atoms with E-state index in [2.05, 4.69) is 35.0 Å². The Bertz CT molecular complexity index is 1740. The van der Waals surface area contributed by atoms with Crippen molar-refractivity contribution < 1.29 is 0 Å². The highest BCUT2D eigenvalue weighted by atomic mass is 35.5. The summed E-state index contributed by atoms with van der Waals surface area (Å²) in [5, 5.41) is 29.4. The molecule has 2 aromatic heterocycles. The molecule has 1 aliphatic rings. The SMILES string of the molecule is C[C@@H]1CN(c2c(C#N)c(=O)n(C)c3ccc(C#N)nc23)CCN1C(c1ccc(Cl)cc1)c1ccc(C#N)cc1. The molecule has 39 heavy (non-hydrogen) atoms. The molecule has 0 bridgehead atoms. The fraction of sp³-hybridized carbons (Fsp3) is 0.233. The van der Waals surface area contributed by atoms with E-state index in [1.165, 1.54) is 4.57 Å². The smallest absolute Gasteiger partial charge is 0.270 e. The largest absolute Gasteiger partial charge is 0.366 e. The zero-order valence-corrected chi connectivity index (χ0v) is 22.2. The molecular weight excluding hydrogens is 510 g/mol. The number of hydrogen-bond acceptors (Lipinski definition) is 7. The van der Waals surface area contributed by atoms with E-state index in [9.17, 15) is 20.6 Å². The summed E-state index contributed by atoms with van der Waals surface area (Å²) in [6.07, 6.45) is 0. The first kappa shape index (κ1) is 25.9. The Balaban J connectivity index is 1.56. The maximum atomic E-state index is 13.1. The molecule has 0 amide bonds. The zero-order chi connectivity index (χ0) is 27.7. The van der Waals surface area contributed by atoms with Crippen molar-refractivity contribution in [2.75, 3.05) is 24.5 Å². The summed E-state index contributed by atoms with van der Waals surface area (Å²) in [7, 11) is 1.61. The van der Waals surface area contributed by atoms with E-state index >= 15 is 0 Å². The lowest BCUT2D eigenvalue weighted by molar-refractivity contribution is 0.150. The van der Waals surface area contributed by atoms with Gasteiger partial charge in [-0.25, -0.2) is 4.98 Å². The standard InChI is InChI=1S/C30H24ClN7O/c1-19-18-37(29-25(17-34)30(39)36(2)26-12-11-24(16-33)35-27(26)29)13-14-38(19)28(22-7-9-23(31)10-8-22)21-5-3-20(15-32)4-6-21/h3-12,19,28H,13-14,18H2,1-2H3/t19-,28?/m1/s1. The van der Waals surface area contributed by atoms with Crippen molar-refractivity contribution in [2.45, 2.75) is 19.0 Å². The highest BCUT2D eigenvalue weighted by Crippen LogP contribution is 2.35. The number of fused-ring (bicyclic) bond motifs is 1. The van der Waals surface area contributed by atoms with Crippen molar-refractivity contribution in [3.05, 3.63) is 104 Å². The van der Waals surface area contributed by atoms with Crippen molar-refractivity contribution in [1.82, 2.24) is 14.5 Å². The van der Waals surface area contributed by atoms with Crippen molar-refractivity contribution in [1.29, 1.82) is 15.8 Å². The second-order valence-corrected chi connectivity index (χ2v) is 10.0. The lowest BCUT2D eigenvalue weighted by Gasteiger charge is -2.45. The van der Waals surface area contributed by atoms with Crippen molar-refractivity contribution >= 4 is 28.3 Å². The molecule has 8 nitrogen and oxygen atoms in total. The van der Waals surface area contributed by atoms with Crippen LogP contribution in [-0.2, 0) is 7.05 Å². The highest BCUT2D eigenvalue weighted by molar-refractivity contribution is 6.30. The Hall–Kier alpha value is -4.68. The molecule has 0 saturated carbocycles. The number of rotatable bonds is 4. The van der Waals surface area contributed by atoms with Gasteiger partial charge in [-0.1, -0.05) is 35.9 Å². The minimum atomic E-state index is -0.391. The number of nitrogens with zero attached hydrogens (tertiary/aromatic N) is 7. The van der Waals surface area contributed by atoms with Crippen LogP contribution in [0.4, 0.5) is 5.69 Å². The van der Waals surface area contributed by atoms with Crippen LogP contribution in [0.25, 0.3) is 11.0 Å². The van der Waals surface area contributed by atoms with Gasteiger partial charge in [0.2, 0.25) is 0 Å². The van der Waals surface area contributed by atoms with Crippen LogP contribution in [0.1, 0.15) is 40.9 Å². The molecule has 0 aliphatic carbocycles. The number of halogens is 1. The summed E-state index contributed by atoms with van der Waals surface area (Å²) in [6.45, 7) is 3.83. The fourth-order valence-electron chi connectivity index (χ4n) is 5.38. The van der Waals surface area contributed by atoms with Crippen molar-refractivity contribution in [3.8, 4) is 18.2 Å². The molecule has 1 unspecified atom stereocenters. The van der Waals surface area contributed by atoms with Gasteiger partial charge < -0.3 is 9.47 Å². The Labute approximate surface area is 231 Å². The van der Waals surface area contributed by atoms with Crippen molar-refractivity contribution in [3.63, 3.8) is 0 Å². The Kier molecular flexibility index (Phi) is 7.05. The lowest BCUT2D eigenvalue weighted by Crippen LogP contribution is -2.53. The van der Waals surface area contributed by atoms with Gasteiger partial charge in [-0.2, -0.15) is 15.8 Å². The van der Waals surface area contributed by atoms with E-state index in [1.54, 1.807) is 19.2 Å². The van der Waals surface area contributed by atoms with Crippen LogP contribution in [-0.4, -0.2) is 40.1 Å². The van der Waals surface area contributed by atoms with Crippen LogP contribution in [0.2, 0.25) is 5.02 Å². The van der Waals surface area contributed by atoms with Gasteiger partial charge in [0.05, 0.1) is 28.9 Å². The molecule has 9 heteroatoms. The van der Waals surface area contributed by atoms with Crippen LogP contribution in [0.3, 0.4) is 0 Å². The molecule has 1 saturated heterocycles. The molecule has 0 spiro atoms. The molecule has 1 aliphatic heterocycles. The first-order chi connectivity index (χ1) is 18.9. The zero-order valence-electron chi connectivity index (χ0n) is 21.5. The second kappa shape index (κ2) is 10.6. The highest BCUT2D eigenvalue weighted by Gasteiger charge is 2.34. The number of piperazine rings is 1. The number of aryl methyl sites for hydroxylation is 1. The van der Waals surface area contributed by atoms with Gasteiger partial charge in [-0.15, -0.1) is 0 Å². The van der Waals surface area contributed by atoms with Gasteiger partial charge in [-0.05, 0) is 54.4 Å². The molecule has 192 valence electrons. The Morgan fingerprint density at radius 3 is 2.18 bits per heavy atom. The molecule has 4 aromatic rings. The van der Waals surface area contributed by atoms with Crippen LogP contribution in [0.5, 0.6) is 0 Å². The second-order valence-electron chi connectivity index (χ2n) is 9.60. The van der Waals surface area contributed by atoms with E-state index in [4.69, 9.17) is 11.6 Å². The number of benzene rings is 2. The topological polar surface area (TPSA) is 113 Å². The number of pyridine rings is 2. The first-order valence-electron chi connectivity index (χ1n) is 12.5. The summed E-state index contributed by atoms with van der Waals surface area (Å²) in [5.41, 5.74) is 4.08. The van der Waals surface area contributed by atoms with Crippen LogP contribution in [0.15, 0.2) is 65.5 Å². The van der Waals surface area contributed by atoms with Gasteiger partial charge in [-0.3, -0.25) is 9.69 Å². The Morgan fingerprint density at radius 2 is 1.59 bits per heavy atom. The molecule has 2 aromatic carbocycles. The maximum Gasteiger partial charge on any atom is 0.270 e. The maximum absolute atomic E-state index is 13.1. The third-order valence-corrected chi connectivity index (χ3v) is 7.56. The van der Waals surface area contributed by atoms with Gasteiger partial charge in [0, 0.05) is 37.7 Å². The predicted octanol–water partition coefficient (Wildman–Crippen LogP) is 4.50. The van der Waals surface area contributed by atoms with E-state index in [-0.39, 0.29) is 23.3 Å². The number of hydrogen-bond donors (Lipinski definition) is 0.